The molecule has 0 spiro atoms. The van der Waals surface area contributed by atoms with Crippen LogP contribution < -0.4 is 15.6 Å². The number of carboxylic acid groups (broad SMARTS) is 1. The van der Waals surface area contributed by atoms with E-state index < -0.39 is 28.6 Å². The molecule has 0 amide bonds. The molecule has 2 aliphatic carbocycles. The topological polar surface area (TPSA) is 74.6 Å². The average molecular weight is 403 g/mol. The van der Waals surface area contributed by atoms with E-state index in [1.54, 1.807) is 4.90 Å². The van der Waals surface area contributed by atoms with E-state index in [1.165, 1.54) is 10.8 Å². The highest BCUT2D eigenvalue weighted by atomic mass is 19.1. The Hall–Kier alpha value is -2.48. The molecule has 5 rings (SSSR count). The summed E-state index contributed by atoms with van der Waals surface area (Å²) in [6, 6.07) is 1.31. The minimum atomic E-state index is -1.39. The van der Waals surface area contributed by atoms with Gasteiger partial charge in [0.25, 0.3) is 0 Å². The molecule has 2 N–H and O–H groups in total. The number of nitrogens with zero attached hydrogens (tertiary/aromatic N) is 2. The van der Waals surface area contributed by atoms with Crippen molar-refractivity contribution in [1.29, 1.82) is 0 Å². The van der Waals surface area contributed by atoms with Gasteiger partial charge in [-0.1, -0.05) is 0 Å². The molecule has 1 aromatic carbocycles. The molecule has 3 atom stereocenters. The first kappa shape index (κ1) is 18.5. The fourth-order valence-corrected chi connectivity index (χ4v) is 5.32. The van der Waals surface area contributed by atoms with E-state index in [9.17, 15) is 14.7 Å². The van der Waals surface area contributed by atoms with E-state index in [0.717, 1.165) is 31.7 Å². The third kappa shape index (κ3) is 2.76. The molecule has 0 unspecified atom stereocenters. The number of aromatic carboxylic acids is 1. The molecule has 3 fully saturated rings. The van der Waals surface area contributed by atoms with Crippen LogP contribution in [0.3, 0.4) is 0 Å². The van der Waals surface area contributed by atoms with Crippen LogP contribution in [0.5, 0.6) is 0 Å². The monoisotopic (exact) mass is 403 g/mol. The molecule has 3 aliphatic rings. The fourth-order valence-electron chi connectivity index (χ4n) is 5.32. The van der Waals surface area contributed by atoms with Gasteiger partial charge in [0, 0.05) is 31.4 Å². The summed E-state index contributed by atoms with van der Waals surface area (Å²) in [6.07, 6.45) is 4.87. The summed E-state index contributed by atoms with van der Waals surface area (Å²) >= 11 is 0. The van der Waals surface area contributed by atoms with Gasteiger partial charge in [-0.3, -0.25) is 4.79 Å². The largest absolute Gasteiger partial charge is 0.477 e. The Morgan fingerprint density at radius 1 is 1.21 bits per heavy atom. The fraction of sp³-hybridized carbons (Fsp3) is 0.524. The molecule has 8 heteroatoms. The first-order valence-electron chi connectivity index (χ1n) is 10.1. The quantitative estimate of drug-likeness (QED) is 0.821. The molecular formula is C21H23F2N3O3. The van der Waals surface area contributed by atoms with Crippen molar-refractivity contribution < 1.29 is 18.7 Å². The Labute approximate surface area is 166 Å². The molecule has 2 heterocycles. The molecule has 29 heavy (non-hydrogen) atoms. The zero-order chi connectivity index (χ0) is 20.4. The molecule has 1 aliphatic heterocycles. The van der Waals surface area contributed by atoms with Gasteiger partial charge in [0.05, 0.1) is 10.9 Å². The van der Waals surface area contributed by atoms with Crippen LogP contribution in [0.4, 0.5) is 14.5 Å². The lowest BCUT2D eigenvalue weighted by Crippen LogP contribution is -2.33. The maximum atomic E-state index is 15.7. The van der Waals surface area contributed by atoms with E-state index in [-0.39, 0.29) is 22.6 Å². The van der Waals surface area contributed by atoms with E-state index in [2.05, 4.69) is 5.32 Å². The minimum absolute atomic E-state index is 0.0149. The van der Waals surface area contributed by atoms with Crippen molar-refractivity contribution in [3.63, 3.8) is 0 Å². The summed E-state index contributed by atoms with van der Waals surface area (Å²) < 4.78 is 32.3. The van der Waals surface area contributed by atoms with Gasteiger partial charge in [-0.2, -0.15) is 0 Å². The molecule has 0 radical (unpaired) electrons. The number of hydrogen-bond donors (Lipinski definition) is 2. The van der Waals surface area contributed by atoms with Crippen molar-refractivity contribution >= 4 is 22.6 Å². The highest BCUT2D eigenvalue weighted by molar-refractivity contribution is 5.94. The zero-order valence-electron chi connectivity index (χ0n) is 16.1. The van der Waals surface area contributed by atoms with Gasteiger partial charge >= 0.3 is 5.97 Å². The first-order chi connectivity index (χ1) is 13.9. The highest BCUT2D eigenvalue weighted by Crippen LogP contribution is 2.43. The van der Waals surface area contributed by atoms with Gasteiger partial charge in [-0.15, -0.1) is 0 Å². The first-order valence-corrected chi connectivity index (χ1v) is 10.1. The van der Waals surface area contributed by atoms with Crippen molar-refractivity contribution in [3.8, 4) is 0 Å². The number of nitrogens with one attached hydrogen (secondary N) is 1. The van der Waals surface area contributed by atoms with Crippen LogP contribution in [0.1, 0.15) is 42.1 Å². The number of fused-ring (bicyclic) bond motifs is 2. The van der Waals surface area contributed by atoms with Crippen molar-refractivity contribution in [2.24, 2.45) is 11.8 Å². The predicted molar refractivity (Wildman–Crippen MR) is 105 cm³/mol. The second-order valence-corrected chi connectivity index (χ2v) is 8.53. The van der Waals surface area contributed by atoms with Gasteiger partial charge in [-0.05, 0) is 50.6 Å². The van der Waals surface area contributed by atoms with Crippen molar-refractivity contribution in [1.82, 2.24) is 9.88 Å². The molecule has 2 aromatic rings. The summed E-state index contributed by atoms with van der Waals surface area (Å²) in [7, 11) is 1.92. The summed E-state index contributed by atoms with van der Waals surface area (Å²) in [5, 5.41) is 12.4. The zero-order valence-corrected chi connectivity index (χ0v) is 16.1. The smallest absolute Gasteiger partial charge is 0.341 e. The Morgan fingerprint density at radius 3 is 2.62 bits per heavy atom. The number of carbonyl (C=O) groups is 1. The van der Waals surface area contributed by atoms with Crippen LogP contribution in [0.15, 0.2) is 17.1 Å². The summed E-state index contributed by atoms with van der Waals surface area (Å²) in [5.41, 5.74) is -1.38. The van der Waals surface area contributed by atoms with E-state index >= 15 is 8.78 Å². The van der Waals surface area contributed by atoms with Crippen LogP contribution in [0.25, 0.3) is 10.9 Å². The molecule has 154 valence electrons. The van der Waals surface area contributed by atoms with Crippen molar-refractivity contribution in [3.05, 3.63) is 39.7 Å². The van der Waals surface area contributed by atoms with Crippen molar-refractivity contribution in [2.75, 3.05) is 25.0 Å². The van der Waals surface area contributed by atoms with Crippen molar-refractivity contribution in [2.45, 2.75) is 37.8 Å². The van der Waals surface area contributed by atoms with Crippen LogP contribution in [-0.2, 0) is 0 Å². The van der Waals surface area contributed by atoms with E-state index in [4.69, 9.17) is 0 Å². The molecule has 1 saturated heterocycles. The predicted octanol–water partition coefficient (Wildman–Crippen LogP) is 2.75. The minimum Gasteiger partial charge on any atom is -0.477 e. The van der Waals surface area contributed by atoms with E-state index in [1.807, 2.05) is 7.05 Å². The molecule has 6 nitrogen and oxygen atoms in total. The number of halogens is 2. The second-order valence-electron chi connectivity index (χ2n) is 8.53. The van der Waals surface area contributed by atoms with Gasteiger partial charge in [0.1, 0.15) is 17.1 Å². The Morgan fingerprint density at radius 2 is 1.97 bits per heavy atom. The van der Waals surface area contributed by atoms with Gasteiger partial charge in [0.15, 0.2) is 5.82 Å². The SMILES string of the molecule is CN[C@@H]1CC[C@@H]2CN(c3c(F)cc4c(=O)c(C(=O)O)cn(C5CC5)c4c3F)C[C@@H]21. The number of benzene rings is 1. The van der Waals surface area contributed by atoms with Crippen LogP contribution >= 0.6 is 0 Å². The average Bonchev–Trinajstić information content (AvgIpc) is 3.33. The molecular weight excluding hydrogens is 380 g/mol. The Bertz CT molecular complexity index is 1080. The van der Waals surface area contributed by atoms with E-state index in [0.29, 0.717) is 31.0 Å². The van der Waals surface area contributed by atoms with Crippen LogP contribution in [0.2, 0.25) is 0 Å². The van der Waals surface area contributed by atoms with Crippen LogP contribution in [-0.4, -0.2) is 41.8 Å². The number of carboxylic acids is 1. The lowest BCUT2D eigenvalue weighted by molar-refractivity contribution is 0.0695. The maximum Gasteiger partial charge on any atom is 0.341 e. The second kappa shape index (κ2) is 6.52. The standard InChI is InChI=1S/C21H23F2N3O3/c1-24-16-5-2-10-7-25(8-13(10)16)19-15(22)6-12-18(17(19)23)26(11-3-4-11)9-14(20(12)27)21(28)29/h6,9-11,13,16,24H,2-5,7-8H2,1H3,(H,28,29)/t10-,13+,16-/m1/s1. The number of anilines is 1. The third-order valence-corrected chi connectivity index (χ3v) is 6.90. The van der Waals surface area contributed by atoms with Gasteiger partial charge < -0.3 is 19.9 Å². The lowest BCUT2D eigenvalue weighted by atomic mass is 9.98. The molecule has 2 saturated carbocycles. The Balaban J connectivity index is 1.67. The summed E-state index contributed by atoms with van der Waals surface area (Å²) in [6.45, 7) is 1.15. The molecule has 1 aromatic heterocycles. The van der Waals surface area contributed by atoms with Gasteiger partial charge in [-0.25, -0.2) is 13.6 Å². The van der Waals surface area contributed by atoms with Crippen LogP contribution in [0, 0.1) is 23.5 Å². The Kier molecular flexibility index (Phi) is 4.17. The molecule has 0 bridgehead atoms. The van der Waals surface area contributed by atoms with Gasteiger partial charge in [0.2, 0.25) is 5.43 Å². The number of aromatic nitrogens is 1. The normalized spacial score (nSPS) is 26.3. The highest BCUT2D eigenvalue weighted by Gasteiger charge is 2.43. The summed E-state index contributed by atoms with van der Waals surface area (Å²) in [4.78, 5) is 25.8. The maximum absolute atomic E-state index is 15.7. The third-order valence-electron chi connectivity index (χ3n) is 6.90. The lowest BCUT2D eigenvalue weighted by Gasteiger charge is -2.24. The number of hydrogen-bond acceptors (Lipinski definition) is 4. The number of rotatable bonds is 4. The number of pyridine rings is 1. The summed E-state index contributed by atoms with van der Waals surface area (Å²) in [5.74, 6) is -2.22.